The van der Waals surface area contributed by atoms with Crippen LogP contribution in [-0.4, -0.2) is 62.8 Å². The monoisotopic (exact) mass is 415 g/mol. The van der Waals surface area contributed by atoms with Crippen molar-refractivity contribution in [3.8, 4) is 0 Å². The molecule has 1 aliphatic carbocycles. The van der Waals surface area contributed by atoms with Gasteiger partial charge in [-0.3, -0.25) is 14.5 Å². The summed E-state index contributed by atoms with van der Waals surface area (Å²) in [5.74, 6) is 0.801. The normalized spacial score (nSPS) is 25.7. The molecule has 3 heterocycles. The van der Waals surface area contributed by atoms with Crippen molar-refractivity contribution in [3.05, 3.63) is 17.7 Å². The largest absolute Gasteiger partial charge is 0.348 e. The number of H-pyrrole nitrogens is 1. The van der Waals surface area contributed by atoms with E-state index >= 15 is 0 Å². The number of piperidine rings is 1. The quantitative estimate of drug-likeness (QED) is 0.749. The maximum atomic E-state index is 13.5. The number of likely N-dealkylation sites (tertiary alicyclic amines) is 1. The molecule has 4 rings (SSSR count). The third-order valence-corrected chi connectivity index (χ3v) is 7.54. The Morgan fingerprint density at radius 1 is 1.17 bits per heavy atom. The Kier molecular flexibility index (Phi) is 6.46. The van der Waals surface area contributed by atoms with E-state index in [4.69, 9.17) is 0 Å². The lowest BCUT2D eigenvalue weighted by Crippen LogP contribution is -2.73. The third kappa shape index (κ3) is 4.13. The van der Waals surface area contributed by atoms with E-state index < -0.39 is 5.54 Å². The van der Waals surface area contributed by atoms with Crippen LogP contribution in [0.5, 0.6) is 0 Å². The van der Waals surface area contributed by atoms with Gasteiger partial charge in [-0.2, -0.15) is 0 Å². The van der Waals surface area contributed by atoms with E-state index in [1.54, 1.807) is 6.33 Å². The highest BCUT2D eigenvalue weighted by Gasteiger charge is 2.53. The van der Waals surface area contributed by atoms with E-state index in [2.05, 4.69) is 27.1 Å². The van der Waals surface area contributed by atoms with Crippen LogP contribution in [0.2, 0.25) is 0 Å². The average molecular weight is 416 g/mol. The number of aromatic nitrogens is 2. The highest BCUT2D eigenvalue weighted by Crippen LogP contribution is 2.36. The van der Waals surface area contributed by atoms with Gasteiger partial charge in [-0.15, -0.1) is 0 Å². The minimum atomic E-state index is -0.673. The fourth-order valence-corrected chi connectivity index (χ4v) is 5.68. The molecule has 0 aromatic carbocycles. The van der Waals surface area contributed by atoms with Crippen LogP contribution in [-0.2, 0) is 16.1 Å². The molecule has 1 saturated carbocycles. The summed E-state index contributed by atoms with van der Waals surface area (Å²) in [6, 6.07) is -0.331. The predicted octanol–water partition coefficient (Wildman–Crippen LogP) is 2.76. The number of amides is 2. The standard InChI is InChI=1S/C23H37N5O2/c1-3-11-28-21(29)19(14-18-7-5-4-6-8-18)26-22(30)23(28)9-12-27(13-10-23)15-20-17(2)24-16-25-20/h16,18-19H,3-15H2,1-2H3,(H,24,25)(H,26,30). The molecule has 3 fully saturated rings. The smallest absolute Gasteiger partial charge is 0.246 e. The Morgan fingerprint density at radius 3 is 2.53 bits per heavy atom. The zero-order valence-electron chi connectivity index (χ0n) is 18.6. The summed E-state index contributed by atoms with van der Waals surface area (Å²) >= 11 is 0. The van der Waals surface area contributed by atoms with Crippen molar-refractivity contribution < 1.29 is 9.59 Å². The van der Waals surface area contributed by atoms with Gasteiger partial charge in [0.1, 0.15) is 11.6 Å². The van der Waals surface area contributed by atoms with Gasteiger partial charge in [-0.1, -0.05) is 39.0 Å². The molecule has 2 amide bonds. The molecule has 1 spiro atoms. The van der Waals surface area contributed by atoms with Crippen LogP contribution in [0.4, 0.5) is 0 Å². The minimum Gasteiger partial charge on any atom is -0.348 e. The van der Waals surface area contributed by atoms with E-state index in [-0.39, 0.29) is 17.9 Å². The van der Waals surface area contributed by atoms with Gasteiger partial charge in [0, 0.05) is 31.9 Å². The van der Waals surface area contributed by atoms with Gasteiger partial charge in [-0.25, -0.2) is 4.98 Å². The fourth-order valence-electron chi connectivity index (χ4n) is 5.68. The van der Waals surface area contributed by atoms with Gasteiger partial charge in [0.15, 0.2) is 0 Å². The van der Waals surface area contributed by atoms with Crippen LogP contribution in [0.15, 0.2) is 6.33 Å². The molecule has 3 aliphatic rings. The van der Waals surface area contributed by atoms with Crippen molar-refractivity contribution in [3.63, 3.8) is 0 Å². The van der Waals surface area contributed by atoms with Crippen LogP contribution in [0.25, 0.3) is 0 Å². The molecule has 1 unspecified atom stereocenters. The SMILES string of the molecule is CCCN1C(=O)C(CC2CCCCC2)NC(=O)C12CCN(Cc1nc[nH]c1C)CC2. The summed E-state index contributed by atoms with van der Waals surface area (Å²) < 4.78 is 0. The summed E-state index contributed by atoms with van der Waals surface area (Å²) in [6.45, 7) is 7.21. The number of aromatic amines is 1. The van der Waals surface area contributed by atoms with E-state index in [0.29, 0.717) is 25.3 Å². The van der Waals surface area contributed by atoms with Crippen LogP contribution in [0.1, 0.15) is 76.1 Å². The second-order valence-electron chi connectivity index (χ2n) is 9.54. The van der Waals surface area contributed by atoms with Gasteiger partial charge < -0.3 is 15.2 Å². The Hall–Kier alpha value is -1.89. The van der Waals surface area contributed by atoms with E-state index in [1.807, 2.05) is 11.8 Å². The van der Waals surface area contributed by atoms with Gasteiger partial charge in [-0.05, 0) is 38.5 Å². The summed E-state index contributed by atoms with van der Waals surface area (Å²) in [7, 11) is 0. The van der Waals surface area contributed by atoms with Crippen molar-refractivity contribution >= 4 is 11.8 Å². The number of hydrogen-bond donors (Lipinski definition) is 2. The zero-order valence-corrected chi connectivity index (χ0v) is 18.6. The maximum absolute atomic E-state index is 13.5. The van der Waals surface area contributed by atoms with E-state index in [0.717, 1.165) is 43.9 Å². The number of carbonyl (C=O) groups is 2. The van der Waals surface area contributed by atoms with Gasteiger partial charge in [0.05, 0.1) is 12.0 Å². The lowest BCUT2D eigenvalue weighted by Gasteiger charge is -2.52. The molecule has 1 aromatic heterocycles. The predicted molar refractivity (Wildman–Crippen MR) is 116 cm³/mol. The molecular formula is C23H37N5O2. The molecular weight excluding hydrogens is 378 g/mol. The molecule has 2 N–H and O–H groups in total. The lowest BCUT2D eigenvalue weighted by molar-refractivity contribution is -0.162. The molecule has 166 valence electrons. The van der Waals surface area contributed by atoms with Crippen LogP contribution in [0, 0.1) is 12.8 Å². The molecule has 2 saturated heterocycles. The van der Waals surface area contributed by atoms with Gasteiger partial charge >= 0.3 is 0 Å². The zero-order chi connectivity index (χ0) is 21.1. The fraction of sp³-hybridized carbons (Fsp3) is 0.783. The summed E-state index contributed by atoms with van der Waals surface area (Å²) in [4.78, 5) is 38.7. The lowest BCUT2D eigenvalue weighted by atomic mass is 9.79. The number of aryl methyl sites for hydroxylation is 1. The Morgan fingerprint density at radius 2 is 1.90 bits per heavy atom. The highest BCUT2D eigenvalue weighted by atomic mass is 16.2. The second kappa shape index (κ2) is 9.08. The van der Waals surface area contributed by atoms with Crippen molar-refractivity contribution in [2.75, 3.05) is 19.6 Å². The van der Waals surface area contributed by atoms with Crippen molar-refractivity contribution in [2.45, 2.75) is 89.8 Å². The first-order valence-corrected chi connectivity index (χ1v) is 11.9. The first-order chi connectivity index (χ1) is 14.5. The Balaban J connectivity index is 1.44. The third-order valence-electron chi connectivity index (χ3n) is 7.54. The van der Waals surface area contributed by atoms with E-state index in [9.17, 15) is 9.59 Å². The highest BCUT2D eigenvalue weighted by molar-refractivity contribution is 6.00. The topological polar surface area (TPSA) is 81.3 Å². The van der Waals surface area contributed by atoms with Crippen molar-refractivity contribution in [2.24, 2.45) is 5.92 Å². The Labute approximate surface area is 180 Å². The molecule has 1 aromatic rings. The van der Waals surface area contributed by atoms with Crippen LogP contribution < -0.4 is 5.32 Å². The van der Waals surface area contributed by atoms with Gasteiger partial charge in [0.2, 0.25) is 11.8 Å². The maximum Gasteiger partial charge on any atom is 0.246 e. The number of hydrogen-bond acceptors (Lipinski definition) is 4. The molecule has 30 heavy (non-hydrogen) atoms. The number of rotatable bonds is 6. The first-order valence-electron chi connectivity index (χ1n) is 11.9. The Bertz CT molecular complexity index is 747. The number of nitrogens with one attached hydrogen (secondary N) is 2. The number of imidazole rings is 1. The molecule has 0 bridgehead atoms. The summed E-state index contributed by atoms with van der Waals surface area (Å²) in [5, 5.41) is 3.17. The first kappa shape index (κ1) is 21.3. The number of carbonyl (C=O) groups excluding carboxylic acids is 2. The second-order valence-corrected chi connectivity index (χ2v) is 9.54. The van der Waals surface area contributed by atoms with E-state index in [1.165, 1.54) is 32.1 Å². The minimum absolute atomic E-state index is 0.0759. The van der Waals surface area contributed by atoms with Crippen molar-refractivity contribution in [1.29, 1.82) is 0 Å². The van der Waals surface area contributed by atoms with Gasteiger partial charge in [0.25, 0.3) is 0 Å². The molecule has 0 radical (unpaired) electrons. The molecule has 7 heteroatoms. The molecule has 1 atom stereocenters. The molecule has 7 nitrogen and oxygen atoms in total. The summed E-state index contributed by atoms with van der Waals surface area (Å²) in [5.41, 5.74) is 1.49. The average Bonchev–Trinajstić information content (AvgIpc) is 3.16. The molecule has 2 aliphatic heterocycles. The number of nitrogens with zero attached hydrogens (tertiary/aromatic N) is 3. The van der Waals surface area contributed by atoms with Crippen molar-refractivity contribution in [1.82, 2.24) is 25.1 Å². The summed E-state index contributed by atoms with van der Waals surface area (Å²) in [6.07, 6.45) is 11.0. The van der Waals surface area contributed by atoms with Crippen LogP contribution >= 0.6 is 0 Å². The number of piperazine rings is 1. The van der Waals surface area contributed by atoms with Crippen LogP contribution in [0.3, 0.4) is 0 Å².